The zero-order valence-corrected chi connectivity index (χ0v) is 13.1. The topological polar surface area (TPSA) is 40.9 Å². The molecular weight excluding hydrogens is 338 g/mol. The summed E-state index contributed by atoms with van der Waals surface area (Å²) < 4.78 is 0.748. The third kappa shape index (κ3) is 2.92. The molecule has 2 aromatic carbocycles. The van der Waals surface area contributed by atoms with Crippen molar-refractivity contribution < 1.29 is 4.79 Å². The van der Waals surface area contributed by atoms with Crippen LogP contribution in [0.15, 0.2) is 46.9 Å². The number of rotatable bonds is 3. The molecule has 20 heavy (non-hydrogen) atoms. The molecule has 4 heteroatoms. The van der Waals surface area contributed by atoms with Gasteiger partial charge in [-0.25, -0.2) is 0 Å². The lowest BCUT2D eigenvalue weighted by atomic mass is 9.91. The van der Waals surface area contributed by atoms with E-state index in [-0.39, 0.29) is 5.78 Å². The molecule has 0 saturated carbocycles. The molecule has 0 fully saturated rings. The molecule has 2 aromatic rings. The highest BCUT2D eigenvalue weighted by atomic mass is 79.9. The second kappa shape index (κ2) is 6.21. The number of carbonyl (C=O) groups excluding carboxylic acids is 1. The van der Waals surface area contributed by atoms with E-state index in [1.54, 1.807) is 30.3 Å². The van der Waals surface area contributed by atoms with Crippen LogP contribution in [0.1, 0.15) is 27.4 Å². The van der Waals surface area contributed by atoms with Gasteiger partial charge in [-0.1, -0.05) is 57.9 Å². The van der Waals surface area contributed by atoms with Crippen molar-refractivity contribution in [2.24, 2.45) is 0 Å². The largest absolute Gasteiger partial charge is 0.292 e. The van der Waals surface area contributed by atoms with Gasteiger partial charge >= 0.3 is 0 Å². The number of halogens is 2. The molecule has 0 N–H and O–H groups in total. The van der Waals surface area contributed by atoms with Gasteiger partial charge in [-0.15, -0.1) is 0 Å². The summed E-state index contributed by atoms with van der Waals surface area (Å²) in [6, 6.07) is 14.4. The highest BCUT2D eigenvalue weighted by molar-refractivity contribution is 9.10. The van der Waals surface area contributed by atoms with E-state index < -0.39 is 5.92 Å². The Morgan fingerprint density at radius 1 is 1.30 bits per heavy atom. The van der Waals surface area contributed by atoms with E-state index in [0.717, 1.165) is 10.0 Å². The highest BCUT2D eigenvalue weighted by Gasteiger charge is 2.23. The van der Waals surface area contributed by atoms with Crippen LogP contribution in [0, 0.1) is 18.3 Å². The lowest BCUT2D eigenvalue weighted by Crippen LogP contribution is -2.12. The maximum Gasteiger partial charge on any atom is 0.184 e. The molecule has 0 aliphatic rings. The van der Waals surface area contributed by atoms with Gasteiger partial charge in [-0.05, 0) is 30.2 Å². The number of ketones is 1. The van der Waals surface area contributed by atoms with E-state index in [1.807, 2.05) is 19.1 Å². The molecule has 0 saturated heterocycles. The number of aryl methyl sites for hydroxylation is 1. The zero-order chi connectivity index (χ0) is 14.7. The van der Waals surface area contributed by atoms with Crippen molar-refractivity contribution in [1.82, 2.24) is 0 Å². The molecule has 0 heterocycles. The van der Waals surface area contributed by atoms with Crippen LogP contribution in [0.3, 0.4) is 0 Å². The van der Waals surface area contributed by atoms with Crippen LogP contribution in [0.5, 0.6) is 0 Å². The van der Waals surface area contributed by atoms with Gasteiger partial charge in [0.25, 0.3) is 0 Å². The summed E-state index contributed by atoms with van der Waals surface area (Å²) in [5.74, 6) is -1.09. The molecule has 1 atom stereocenters. The Bertz CT molecular complexity index is 706. The lowest BCUT2D eigenvalue weighted by molar-refractivity contribution is 0.0978. The van der Waals surface area contributed by atoms with Crippen molar-refractivity contribution in [3.8, 4) is 6.07 Å². The fourth-order valence-corrected chi connectivity index (χ4v) is 2.59. The first-order chi connectivity index (χ1) is 9.54. The number of carbonyl (C=O) groups is 1. The van der Waals surface area contributed by atoms with Crippen LogP contribution in [0.25, 0.3) is 0 Å². The molecule has 0 aromatic heterocycles. The van der Waals surface area contributed by atoms with Crippen molar-refractivity contribution in [2.75, 3.05) is 0 Å². The summed E-state index contributed by atoms with van der Waals surface area (Å²) in [6.45, 7) is 1.87. The minimum absolute atomic E-state index is 0.249. The Morgan fingerprint density at radius 2 is 2.00 bits per heavy atom. The van der Waals surface area contributed by atoms with Crippen molar-refractivity contribution >= 4 is 33.3 Å². The second-order valence-electron chi connectivity index (χ2n) is 4.41. The van der Waals surface area contributed by atoms with Crippen LogP contribution in [-0.2, 0) is 0 Å². The van der Waals surface area contributed by atoms with Crippen molar-refractivity contribution in [2.45, 2.75) is 12.8 Å². The van der Waals surface area contributed by atoms with Gasteiger partial charge in [-0.2, -0.15) is 5.26 Å². The van der Waals surface area contributed by atoms with E-state index in [0.29, 0.717) is 16.1 Å². The summed E-state index contributed by atoms with van der Waals surface area (Å²) in [5, 5.41) is 9.86. The van der Waals surface area contributed by atoms with E-state index in [1.165, 1.54) is 0 Å². The number of nitrogens with zero attached hydrogens (tertiary/aromatic N) is 1. The summed E-state index contributed by atoms with van der Waals surface area (Å²) in [6.07, 6.45) is 0. The Hall–Kier alpha value is -1.63. The summed E-state index contributed by atoms with van der Waals surface area (Å²) in [4.78, 5) is 12.5. The molecule has 0 amide bonds. The van der Waals surface area contributed by atoms with Crippen LogP contribution >= 0.6 is 27.5 Å². The van der Waals surface area contributed by atoms with E-state index in [4.69, 9.17) is 11.6 Å². The Balaban J connectivity index is 2.42. The van der Waals surface area contributed by atoms with E-state index >= 15 is 0 Å². The average Bonchev–Trinajstić information content (AvgIpc) is 2.44. The predicted octanol–water partition coefficient (Wildman–Crippen LogP) is 4.90. The number of benzene rings is 2. The van der Waals surface area contributed by atoms with Crippen LogP contribution in [-0.4, -0.2) is 5.78 Å². The predicted molar refractivity (Wildman–Crippen MR) is 83.0 cm³/mol. The van der Waals surface area contributed by atoms with Crippen molar-refractivity contribution in [1.29, 1.82) is 5.26 Å². The molecule has 2 rings (SSSR count). The van der Waals surface area contributed by atoms with Gasteiger partial charge in [-0.3, -0.25) is 4.79 Å². The summed E-state index contributed by atoms with van der Waals surface area (Å²) in [7, 11) is 0. The number of nitriles is 1. The van der Waals surface area contributed by atoms with Gasteiger partial charge in [0, 0.05) is 15.1 Å². The SMILES string of the molecule is Cc1ccc(C(=O)C(C#N)c2ccccc2Br)cc1Cl. The first-order valence-electron chi connectivity index (χ1n) is 5.99. The summed E-state index contributed by atoms with van der Waals surface area (Å²) in [5.41, 5.74) is 2.01. The van der Waals surface area contributed by atoms with Crippen LogP contribution in [0.2, 0.25) is 5.02 Å². The fourth-order valence-electron chi connectivity index (χ4n) is 1.89. The van der Waals surface area contributed by atoms with Gasteiger partial charge < -0.3 is 0 Å². The lowest BCUT2D eigenvalue weighted by Gasteiger charge is -2.11. The molecule has 0 radical (unpaired) electrons. The van der Waals surface area contributed by atoms with Gasteiger partial charge in [0.15, 0.2) is 5.78 Å². The van der Waals surface area contributed by atoms with Gasteiger partial charge in [0.2, 0.25) is 0 Å². The standard InChI is InChI=1S/C16H11BrClNO/c1-10-6-7-11(8-15(10)18)16(20)13(9-19)12-4-2-3-5-14(12)17/h2-8,13H,1H3. The quantitative estimate of drug-likeness (QED) is 0.740. The summed E-state index contributed by atoms with van der Waals surface area (Å²) >= 11 is 9.41. The van der Waals surface area contributed by atoms with Crippen LogP contribution in [0.4, 0.5) is 0 Å². The van der Waals surface area contributed by atoms with Crippen LogP contribution < -0.4 is 0 Å². The molecule has 0 spiro atoms. The average molecular weight is 349 g/mol. The zero-order valence-electron chi connectivity index (χ0n) is 10.7. The third-order valence-electron chi connectivity index (χ3n) is 3.06. The number of hydrogen-bond donors (Lipinski definition) is 0. The van der Waals surface area contributed by atoms with Crippen molar-refractivity contribution in [3.63, 3.8) is 0 Å². The normalized spacial score (nSPS) is 11.7. The minimum atomic E-state index is -0.843. The smallest absolute Gasteiger partial charge is 0.184 e. The molecule has 2 nitrogen and oxygen atoms in total. The van der Waals surface area contributed by atoms with E-state index in [2.05, 4.69) is 22.0 Å². The van der Waals surface area contributed by atoms with E-state index in [9.17, 15) is 10.1 Å². The Morgan fingerprint density at radius 3 is 2.60 bits per heavy atom. The van der Waals surface area contributed by atoms with Gasteiger partial charge in [0.1, 0.15) is 5.92 Å². The van der Waals surface area contributed by atoms with Crippen molar-refractivity contribution in [3.05, 3.63) is 68.7 Å². The monoisotopic (exact) mass is 347 g/mol. The number of Topliss-reactive ketones (excluding diaryl/α,β-unsaturated/α-hetero) is 1. The molecule has 1 unspecified atom stereocenters. The Kier molecular flexibility index (Phi) is 4.59. The van der Waals surface area contributed by atoms with Gasteiger partial charge in [0.05, 0.1) is 6.07 Å². The first kappa shape index (κ1) is 14.8. The molecular formula is C16H11BrClNO. The highest BCUT2D eigenvalue weighted by Crippen LogP contribution is 2.28. The molecule has 0 bridgehead atoms. The maximum absolute atomic E-state index is 12.5. The third-order valence-corrected chi connectivity index (χ3v) is 4.19. The number of hydrogen-bond acceptors (Lipinski definition) is 2. The molecule has 0 aliphatic heterocycles. The fraction of sp³-hybridized carbons (Fsp3) is 0.125. The minimum Gasteiger partial charge on any atom is -0.292 e. The maximum atomic E-state index is 12.5. The molecule has 100 valence electrons. The Labute approximate surface area is 131 Å². The first-order valence-corrected chi connectivity index (χ1v) is 7.16. The second-order valence-corrected chi connectivity index (χ2v) is 5.67. The molecule has 0 aliphatic carbocycles.